The number of halogens is 1. The molecule has 11 rings (SSSR count). The maximum atomic E-state index is 6.64. The van der Waals surface area contributed by atoms with Gasteiger partial charge in [0.1, 0.15) is 11.2 Å². The van der Waals surface area contributed by atoms with Crippen LogP contribution < -0.4 is 0 Å². The third-order valence-corrected chi connectivity index (χ3v) is 10.5. The van der Waals surface area contributed by atoms with Crippen LogP contribution >= 0.6 is 11.6 Å². The van der Waals surface area contributed by atoms with Crippen LogP contribution in [-0.2, 0) is 0 Å². The van der Waals surface area contributed by atoms with E-state index in [4.69, 9.17) is 31.0 Å². The van der Waals surface area contributed by atoms with Crippen molar-refractivity contribution in [2.75, 3.05) is 0 Å². The summed E-state index contributed by atoms with van der Waals surface area (Å²) in [4.78, 5) is 15.5. The molecule has 8 aromatic carbocycles. The molecule has 0 N–H and O–H groups in total. The molecular weight excluding hydrogens is 672 g/mol. The van der Waals surface area contributed by atoms with Crippen molar-refractivity contribution in [2.45, 2.75) is 0 Å². The van der Waals surface area contributed by atoms with Crippen molar-refractivity contribution >= 4 is 76.9 Å². The Morgan fingerprint density at radius 1 is 0.453 bits per heavy atom. The van der Waals surface area contributed by atoms with E-state index in [2.05, 4.69) is 126 Å². The highest BCUT2D eigenvalue weighted by Crippen LogP contribution is 2.40. The molecule has 0 aliphatic heterocycles. The minimum absolute atomic E-state index is 0.539. The summed E-state index contributed by atoms with van der Waals surface area (Å²) in [5.74, 6) is 1.71. The van der Waals surface area contributed by atoms with Crippen LogP contribution in [0.5, 0.6) is 0 Å². The molecule has 0 unspecified atom stereocenters. The zero-order chi connectivity index (χ0) is 35.0. The molecule has 0 fully saturated rings. The van der Waals surface area contributed by atoms with Crippen LogP contribution in [0.25, 0.3) is 105 Å². The number of aromatic nitrogens is 4. The number of fused-ring (bicyclic) bond motifs is 9. The van der Waals surface area contributed by atoms with Crippen LogP contribution in [0.1, 0.15) is 0 Å². The topological polar surface area (TPSA) is 56.7 Å². The predicted octanol–water partition coefficient (Wildman–Crippen LogP) is 12.8. The Labute approximate surface area is 308 Å². The van der Waals surface area contributed by atoms with Crippen molar-refractivity contribution in [2.24, 2.45) is 0 Å². The van der Waals surface area contributed by atoms with Crippen LogP contribution in [0.15, 0.2) is 168 Å². The molecule has 0 saturated carbocycles. The predicted molar refractivity (Wildman–Crippen MR) is 218 cm³/mol. The third-order valence-electron chi connectivity index (χ3n) is 10.3. The molecule has 248 valence electrons. The Bertz CT molecular complexity index is 3250. The number of hydrogen-bond donors (Lipinski definition) is 0. The second-order valence-corrected chi connectivity index (χ2v) is 13.8. The van der Waals surface area contributed by atoms with Gasteiger partial charge in [0.15, 0.2) is 17.5 Å². The fourth-order valence-electron chi connectivity index (χ4n) is 7.81. The molecule has 6 heteroatoms. The Morgan fingerprint density at radius 3 is 2.02 bits per heavy atom. The number of hydrogen-bond acceptors (Lipinski definition) is 4. The van der Waals surface area contributed by atoms with Gasteiger partial charge in [0, 0.05) is 43.4 Å². The average Bonchev–Trinajstić information content (AvgIpc) is 3.77. The van der Waals surface area contributed by atoms with Crippen molar-refractivity contribution < 1.29 is 4.42 Å². The van der Waals surface area contributed by atoms with Crippen molar-refractivity contribution in [3.8, 4) is 39.9 Å². The van der Waals surface area contributed by atoms with Gasteiger partial charge in [-0.25, -0.2) is 15.0 Å². The molecule has 5 nitrogen and oxygen atoms in total. The SMILES string of the molecule is Clc1ccc2ccc3oc4c(-c5nc(-c6ccc7ccccc7c6)nc(-c6ccc7c(c6)c6ccccc6n7-c6ccccc6)n5)cccc4c3c2c1. The molecule has 0 aliphatic carbocycles. The summed E-state index contributed by atoms with van der Waals surface area (Å²) in [5, 5.41) is 9.39. The van der Waals surface area contributed by atoms with Crippen molar-refractivity contribution in [3.05, 3.63) is 169 Å². The van der Waals surface area contributed by atoms with Crippen molar-refractivity contribution in [1.82, 2.24) is 19.5 Å². The molecule has 3 heterocycles. The van der Waals surface area contributed by atoms with E-state index in [1.807, 2.05) is 42.5 Å². The largest absolute Gasteiger partial charge is 0.455 e. The molecule has 0 spiro atoms. The van der Waals surface area contributed by atoms with E-state index in [0.29, 0.717) is 22.5 Å². The Kier molecular flexibility index (Phi) is 6.54. The quantitative estimate of drug-likeness (QED) is 0.184. The number of para-hydroxylation sites is 3. The fraction of sp³-hybridized carbons (Fsp3) is 0. The minimum Gasteiger partial charge on any atom is -0.455 e. The second kappa shape index (κ2) is 11.6. The summed E-state index contributed by atoms with van der Waals surface area (Å²) in [5.41, 5.74) is 7.48. The van der Waals surface area contributed by atoms with E-state index in [1.54, 1.807) is 0 Å². The van der Waals surface area contributed by atoms with Crippen LogP contribution in [-0.4, -0.2) is 19.5 Å². The molecule has 0 aliphatic rings. The lowest BCUT2D eigenvalue weighted by Crippen LogP contribution is -2.00. The first kappa shape index (κ1) is 29.9. The highest BCUT2D eigenvalue weighted by Gasteiger charge is 2.20. The molecule has 0 saturated heterocycles. The Balaban J connectivity index is 1.16. The number of nitrogens with zero attached hydrogens (tertiary/aromatic N) is 4. The Morgan fingerprint density at radius 2 is 1.13 bits per heavy atom. The zero-order valence-corrected chi connectivity index (χ0v) is 28.9. The summed E-state index contributed by atoms with van der Waals surface area (Å²) in [7, 11) is 0. The maximum Gasteiger partial charge on any atom is 0.167 e. The first-order valence-electron chi connectivity index (χ1n) is 17.5. The molecule has 3 aromatic heterocycles. The molecule has 0 amide bonds. The number of rotatable bonds is 4. The van der Waals surface area contributed by atoms with Gasteiger partial charge in [-0.3, -0.25) is 0 Å². The van der Waals surface area contributed by atoms with Gasteiger partial charge in [-0.15, -0.1) is 0 Å². The molecule has 0 bridgehead atoms. The van der Waals surface area contributed by atoms with E-state index in [9.17, 15) is 0 Å². The van der Waals surface area contributed by atoms with Crippen LogP contribution in [0, 0.1) is 0 Å². The molecule has 11 aromatic rings. The third kappa shape index (κ3) is 4.75. The average molecular weight is 699 g/mol. The summed E-state index contributed by atoms with van der Waals surface area (Å²) < 4.78 is 8.95. The number of furan rings is 1. The van der Waals surface area contributed by atoms with Gasteiger partial charge in [-0.2, -0.15) is 0 Å². The molecule has 0 radical (unpaired) electrons. The normalized spacial score (nSPS) is 11.9. The van der Waals surface area contributed by atoms with Crippen LogP contribution in [0.2, 0.25) is 5.02 Å². The molecule has 0 atom stereocenters. The first-order valence-corrected chi connectivity index (χ1v) is 17.9. The van der Waals surface area contributed by atoms with Gasteiger partial charge in [0.2, 0.25) is 0 Å². The van der Waals surface area contributed by atoms with E-state index in [-0.39, 0.29) is 0 Å². The lowest BCUT2D eigenvalue weighted by atomic mass is 10.0. The highest BCUT2D eigenvalue weighted by molar-refractivity contribution is 6.32. The van der Waals surface area contributed by atoms with E-state index in [1.165, 1.54) is 0 Å². The van der Waals surface area contributed by atoms with Crippen molar-refractivity contribution in [1.29, 1.82) is 0 Å². The lowest BCUT2D eigenvalue weighted by molar-refractivity contribution is 0.670. The maximum absolute atomic E-state index is 6.64. The summed E-state index contributed by atoms with van der Waals surface area (Å²) in [6.45, 7) is 0. The van der Waals surface area contributed by atoms with E-state index < -0.39 is 0 Å². The summed E-state index contributed by atoms with van der Waals surface area (Å²) >= 11 is 6.49. The van der Waals surface area contributed by atoms with Gasteiger partial charge in [0.25, 0.3) is 0 Å². The standard InChI is InChI=1S/C47H27ClN4O/c48-33-22-19-29-21-24-42-43(38(29)27-33)36-14-8-15-37(44(36)53-42)47-50-45(31-18-17-28-9-4-5-10-30(28)25-31)49-46(51-47)32-20-23-41-39(26-32)35-13-6-7-16-40(35)52(41)34-11-2-1-3-12-34/h1-27H. The fourth-order valence-corrected chi connectivity index (χ4v) is 7.99. The van der Waals surface area contributed by atoms with E-state index >= 15 is 0 Å². The van der Waals surface area contributed by atoms with E-state index in [0.717, 1.165) is 87.7 Å². The Hall–Kier alpha value is -6.82. The van der Waals surface area contributed by atoms with Crippen LogP contribution in [0.4, 0.5) is 0 Å². The highest BCUT2D eigenvalue weighted by atomic mass is 35.5. The monoisotopic (exact) mass is 698 g/mol. The van der Waals surface area contributed by atoms with Crippen LogP contribution in [0.3, 0.4) is 0 Å². The second-order valence-electron chi connectivity index (χ2n) is 13.4. The number of benzene rings is 8. The van der Waals surface area contributed by atoms with Crippen molar-refractivity contribution in [3.63, 3.8) is 0 Å². The lowest BCUT2D eigenvalue weighted by Gasteiger charge is -2.10. The van der Waals surface area contributed by atoms with Gasteiger partial charge in [-0.05, 0) is 88.3 Å². The minimum atomic E-state index is 0.539. The van der Waals surface area contributed by atoms with Gasteiger partial charge in [-0.1, -0.05) is 109 Å². The molecular formula is C47H27ClN4O. The smallest absolute Gasteiger partial charge is 0.167 e. The van der Waals surface area contributed by atoms with Gasteiger partial charge < -0.3 is 8.98 Å². The molecule has 53 heavy (non-hydrogen) atoms. The first-order chi connectivity index (χ1) is 26.2. The summed E-state index contributed by atoms with van der Waals surface area (Å²) in [6, 6.07) is 56.4. The summed E-state index contributed by atoms with van der Waals surface area (Å²) in [6.07, 6.45) is 0. The zero-order valence-electron chi connectivity index (χ0n) is 28.2. The van der Waals surface area contributed by atoms with Gasteiger partial charge >= 0.3 is 0 Å². The van der Waals surface area contributed by atoms with Gasteiger partial charge in [0.05, 0.1) is 16.6 Å².